The second-order valence-corrected chi connectivity index (χ2v) is 3.00. The van der Waals surface area contributed by atoms with Crippen molar-refractivity contribution >= 4 is 5.69 Å². The molecule has 0 atom stereocenters. The number of aryl methyl sites for hydroxylation is 1. The fourth-order valence-electron chi connectivity index (χ4n) is 1.08. The Morgan fingerprint density at radius 3 is 2.85 bits per heavy atom. The second-order valence-electron chi connectivity index (χ2n) is 3.00. The van der Waals surface area contributed by atoms with Gasteiger partial charge < -0.3 is 0 Å². The van der Waals surface area contributed by atoms with Crippen LogP contribution in [-0.4, -0.2) is 9.91 Å². The van der Waals surface area contributed by atoms with E-state index in [1.807, 2.05) is 0 Å². The monoisotopic (exact) mass is 183 g/mol. The molecule has 0 aliphatic heterocycles. The van der Waals surface area contributed by atoms with Crippen LogP contribution in [0.25, 0.3) is 0 Å². The first-order chi connectivity index (χ1) is 7.25. The zero-order chi connectivity index (χ0) is 12.5. The lowest BCUT2D eigenvalue weighted by Crippen LogP contribution is -2.02. The number of hydrogen-bond donors (Lipinski definition) is 0. The average Bonchev–Trinajstić information content (AvgIpc) is 2.14. The highest BCUT2D eigenvalue weighted by molar-refractivity contribution is 5.44. The molecule has 1 rings (SSSR count). The molecule has 0 aliphatic rings. The molecule has 1 heterocycles. The minimum Gasteiger partial charge on any atom is -0.258 e. The van der Waals surface area contributed by atoms with Crippen LogP contribution < -0.4 is 0 Å². The Labute approximate surface area is 81.0 Å². The standard InChI is InChI=1S/C9H12N2O2/c1-6(2)8-9(11(12)13)7(3)4-5-10-8/h4-6H,1-3H3/i3D3. The van der Waals surface area contributed by atoms with Crippen molar-refractivity contribution < 1.29 is 9.04 Å². The van der Waals surface area contributed by atoms with Gasteiger partial charge in [-0.15, -0.1) is 0 Å². The van der Waals surface area contributed by atoms with E-state index in [1.54, 1.807) is 13.8 Å². The minimum absolute atomic E-state index is 0.192. The van der Waals surface area contributed by atoms with Crippen molar-refractivity contribution in [2.24, 2.45) is 0 Å². The summed E-state index contributed by atoms with van der Waals surface area (Å²) in [6.07, 6.45) is 1.30. The fourth-order valence-corrected chi connectivity index (χ4v) is 1.08. The van der Waals surface area contributed by atoms with Crippen molar-refractivity contribution in [2.45, 2.75) is 26.6 Å². The van der Waals surface area contributed by atoms with Gasteiger partial charge in [0.25, 0.3) is 5.69 Å². The maximum absolute atomic E-state index is 10.9. The molecular weight excluding hydrogens is 168 g/mol. The first-order valence-electron chi connectivity index (χ1n) is 5.39. The second kappa shape index (κ2) is 3.51. The Bertz CT molecular complexity index is 416. The lowest BCUT2D eigenvalue weighted by molar-refractivity contribution is -0.386. The summed E-state index contributed by atoms with van der Waals surface area (Å²) < 4.78 is 21.7. The molecule has 0 bridgehead atoms. The molecule has 1 aromatic rings. The molecule has 0 aromatic carbocycles. The first kappa shape index (κ1) is 6.07. The molecule has 0 fully saturated rings. The smallest absolute Gasteiger partial charge is 0.258 e. The summed E-state index contributed by atoms with van der Waals surface area (Å²) in [6, 6.07) is 1.18. The molecule has 0 unspecified atom stereocenters. The number of nitro groups is 1. The number of pyridine rings is 1. The topological polar surface area (TPSA) is 56.0 Å². The molecule has 0 N–H and O–H groups in total. The SMILES string of the molecule is [2H]C([2H])([2H])c1ccnc(C(C)C)c1[N+](=O)[O-]. The van der Waals surface area contributed by atoms with E-state index in [1.165, 1.54) is 12.3 Å². The van der Waals surface area contributed by atoms with Gasteiger partial charge in [0.15, 0.2) is 0 Å². The number of rotatable bonds is 2. The summed E-state index contributed by atoms with van der Waals surface area (Å²) in [5.74, 6) is -0.192. The predicted molar refractivity (Wildman–Crippen MR) is 49.7 cm³/mol. The van der Waals surface area contributed by atoms with Crippen LogP contribution in [0.1, 0.15) is 35.1 Å². The third-order valence-electron chi connectivity index (χ3n) is 1.68. The van der Waals surface area contributed by atoms with Crippen molar-refractivity contribution in [3.63, 3.8) is 0 Å². The van der Waals surface area contributed by atoms with Crippen molar-refractivity contribution in [1.29, 1.82) is 0 Å². The number of aromatic nitrogens is 1. The van der Waals surface area contributed by atoms with Gasteiger partial charge in [0.2, 0.25) is 0 Å². The fraction of sp³-hybridized carbons (Fsp3) is 0.444. The lowest BCUT2D eigenvalue weighted by Gasteiger charge is -2.06. The van der Waals surface area contributed by atoms with Gasteiger partial charge in [0.1, 0.15) is 5.69 Å². The largest absolute Gasteiger partial charge is 0.293 e. The van der Waals surface area contributed by atoms with E-state index in [9.17, 15) is 10.1 Å². The summed E-state index contributed by atoms with van der Waals surface area (Å²) in [5, 5.41) is 10.9. The molecule has 0 radical (unpaired) electrons. The van der Waals surface area contributed by atoms with Crippen molar-refractivity contribution in [3.05, 3.63) is 33.6 Å². The highest BCUT2D eigenvalue weighted by Gasteiger charge is 2.19. The Morgan fingerprint density at radius 1 is 1.69 bits per heavy atom. The predicted octanol–water partition coefficient (Wildman–Crippen LogP) is 2.42. The normalized spacial score (nSPS) is 14.8. The molecule has 0 spiro atoms. The number of hydrogen-bond acceptors (Lipinski definition) is 3. The molecule has 13 heavy (non-hydrogen) atoms. The van der Waals surface area contributed by atoms with Crippen LogP contribution in [0, 0.1) is 17.0 Å². The van der Waals surface area contributed by atoms with Crippen LogP contribution in [-0.2, 0) is 0 Å². The summed E-state index contributed by atoms with van der Waals surface area (Å²) in [7, 11) is 0. The van der Waals surface area contributed by atoms with Gasteiger partial charge in [-0.3, -0.25) is 15.1 Å². The van der Waals surface area contributed by atoms with Gasteiger partial charge in [0, 0.05) is 21.8 Å². The van der Waals surface area contributed by atoms with Crippen LogP contribution in [0.3, 0.4) is 0 Å². The molecule has 1 aromatic heterocycles. The molecule has 0 aliphatic carbocycles. The maximum atomic E-state index is 10.9. The van der Waals surface area contributed by atoms with Gasteiger partial charge in [-0.05, 0) is 12.9 Å². The van der Waals surface area contributed by atoms with E-state index in [0.717, 1.165) is 0 Å². The van der Waals surface area contributed by atoms with Crippen LogP contribution in [0.2, 0.25) is 0 Å². The molecule has 0 saturated heterocycles. The molecular formula is C9H12N2O2. The van der Waals surface area contributed by atoms with E-state index in [4.69, 9.17) is 4.11 Å². The lowest BCUT2D eigenvalue weighted by atomic mass is 10.1. The quantitative estimate of drug-likeness (QED) is 0.522. The van der Waals surface area contributed by atoms with Crippen molar-refractivity contribution in [3.8, 4) is 0 Å². The Balaban J connectivity index is 3.52. The third kappa shape index (κ3) is 1.83. The highest BCUT2D eigenvalue weighted by Crippen LogP contribution is 2.26. The van der Waals surface area contributed by atoms with Gasteiger partial charge in [-0.1, -0.05) is 13.8 Å². The molecule has 70 valence electrons. The molecule has 0 amide bonds. The van der Waals surface area contributed by atoms with E-state index < -0.39 is 17.5 Å². The van der Waals surface area contributed by atoms with E-state index in [-0.39, 0.29) is 17.2 Å². The first-order valence-corrected chi connectivity index (χ1v) is 3.89. The van der Waals surface area contributed by atoms with E-state index in [0.29, 0.717) is 0 Å². The van der Waals surface area contributed by atoms with Gasteiger partial charge >= 0.3 is 0 Å². The van der Waals surface area contributed by atoms with Gasteiger partial charge in [0.05, 0.1) is 4.92 Å². The summed E-state index contributed by atoms with van der Waals surface area (Å²) >= 11 is 0. The number of nitrogens with zero attached hydrogens (tertiary/aromatic N) is 2. The summed E-state index contributed by atoms with van der Waals surface area (Å²) in [5.41, 5.74) is -0.438. The highest BCUT2D eigenvalue weighted by atomic mass is 16.6. The van der Waals surface area contributed by atoms with Crippen LogP contribution in [0.5, 0.6) is 0 Å². The minimum atomic E-state index is -2.49. The van der Waals surface area contributed by atoms with Crippen molar-refractivity contribution in [1.82, 2.24) is 4.98 Å². The zero-order valence-corrected chi connectivity index (χ0v) is 7.44. The molecule has 0 saturated carbocycles. The van der Waals surface area contributed by atoms with Crippen LogP contribution in [0.4, 0.5) is 5.69 Å². The molecule has 4 heteroatoms. The van der Waals surface area contributed by atoms with Crippen LogP contribution >= 0.6 is 0 Å². The Hall–Kier alpha value is -1.45. The zero-order valence-electron chi connectivity index (χ0n) is 10.4. The van der Waals surface area contributed by atoms with E-state index in [2.05, 4.69) is 4.98 Å². The summed E-state index contributed by atoms with van der Waals surface area (Å²) in [6.45, 7) is 0.978. The van der Waals surface area contributed by atoms with Gasteiger partial charge in [-0.25, -0.2) is 0 Å². The average molecular weight is 183 g/mol. The maximum Gasteiger partial charge on any atom is 0.293 e. The summed E-state index contributed by atoms with van der Waals surface area (Å²) in [4.78, 5) is 14.1. The van der Waals surface area contributed by atoms with Crippen LogP contribution in [0.15, 0.2) is 12.3 Å². The third-order valence-corrected chi connectivity index (χ3v) is 1.68. The Morgan fingerprint density at radius 2 is 2.38 bits per heavy atom. The van der Waals surface area contributed by atoms with E-state index >= 15 is 0 Å². The van der Waals surface area contributed by atoms with Gasteiger partial charge in [-0.2, -0.15) is 0 Å². The Kier molecular flexibility index (Phi) is 1.64. The molecule has 4 nitrogen and oxygen atoms in total. The van der Waals surface area contributed by atoms with Crippen molar-refractivity contribution in [2.75, 3.05) is 0 Å².